The number of carbonyl (C=O) groups excluding carboxylic acids is 1. The van der Waals surface area contributed by atoms with Crippen LogP contribution in [0.5, 0.6) is 0 Å². The van der Waals surface area contributed by atoms with E-state index in [-0.39, 0.29) is 17.4 Å². The SMILES string of the molecule is CCOC(=O)[C@H]([NH3+])CS[C@H]1CCCCO1. The van der Waals surface area contributed by atoms with E-state index in [1.54, 1.807) is 11.8 Å². The van der Waals surface area contributed by atoms with Crippen LogP contribution in [0.25, 0.3) is 0 Å². The molecule has 1 fully saturated rings. The summed E-state index contributed by atoms with van der Waals surface area (Å²) in [4.78, 5) is 11.3. The highest BCUT2D eigenvalue weighted by Crippen LogP contribution is 2.23. The Bertz CT molecular complexity index is 195. The molecule has 0 saturated carbocycles. The number of carbonyl (C=O) groups is 1. The zero-order valence-electron chi connectivity index (χ0n) is 9.24. The maximum Gasteiger partial charge on any atom is 0.365 e. The largest absolute Gasteiger partial charge is 0.462 e. The molecule has 1 aliphatic rings. The topological polar surface area (TPSA) is 63.2 Å². The van der Waals surface area contributed by atoms with Crippen LogP contribution in [0.2, 0.25) is 0 Å². The second-order valence-corrected chi connectivity index (χ2v) is 4.77. The fraction of sp³-hybridized carbons (Fsp3) is 0.900. The lowest BCUT2D eigenvalue weighted by atomic mass is 10.2. The molecule has 88 valence electrons. The molecular weight excluding hydrogens is 214 g/mol. The Morgan fingerprint density at radius 2 is 2.47 bits per heavy atom. The molecule has 0 bridgehead atoms. The van der Waals surface area contributed by atoms with Gasteiger partial charge in [-0.2, -0.15) is 0 Å². The number of ether oxygens (including phenoxy) is 2. The Morgan fingerprint density at radius 1 is 1.67 bits per heavy atom. The molecule has 0 radical (unpaired) electrons. The van der Waals surface area contributed by atoms with Crippen molar-refractivity contribution in [1.29, 1.82) is 0 Å². The minimum absolute atomic E-state index is 0.208. The van der Waals surface area contributed by atoms with Crippen LogP contribution in [0.15, 0.2) is 0 Å². The van der Waals surface area contributed by atoms with Crippen LogP contribution >= 0.6 is 11.8 Å². The molecule has 0 amide bonds. The first-order valence-corrected chi connectivity index (χ1v) is 6.51. The summed E-state index contributed by atoms with van der Waals surface area (Å²) in [5.41, 5.74) is 4.04. The first kappa shape index (κ1) is 12.8. The molecule has 0 aromatic carbocycles. The van der Waals surface area contributed by atoms with E-state index in [1.165, 1.54) is 6.42 Å². The van der Waals surface area contributed by atoms with Crippen LogP contribution in [0.3, 0.4) is 0 Å². The van der Waals surface area contributed by atoms with Crippen molar-refractivity contribution in [3.05, 3.63) is 0 Å². The predicted octanol–water partition coefficient (Wildman–Crippen LogP) is 0.420. The van der Waals surface area contributed by atoms with Crippen LogP contribution in [0, 0.1) is 0 Å². The Morgan fingerprint density at radius 3 is 3.07 bits per heavy atom. The van der Waals surface area contributed by atoms with Crippen LogP contribution in [-0.2, 0) is 14.3 Å². The lowest BCUT2D eigenvalue weighted by Gasteiger charge is -2.22. The normalized spacial score (nSPS) is 23.5. The number of quaternary nitrogens is 1. The predicted molar refractivity (Wildman–Crippen MR) is 59.4 cm³/mol. The van der Waals surface area contributed by atoms with Gasteiger partial charge in [0, 0.05) is 6.61 Å². The van der Waals surface area contributed by atoms with Crippen molar-refractivity contribution >= 4 is 17.7 Å². The molecule has 2 atom stereocenters. The molecule has 3 N–H and O–H groups in total. The second-order valence-electron chi connectivity index (χ2n) is 3.58. The molecule has 15 heavy (non-hydrogen) atoms. The van der Waals surface area contributed by atoms with Crippen LogP contribution in [0.1, 0.15) is 26.2 Å². The van der Waals surface area contributed by atoms with Crippen molar-refractivity contribution in [2.75, 3.05) is 19.0 Å². The van der Waals surface area contributed by atoms with Gasteiger partial charge in [0.05, 0.1) is 12.4 Å². The minimum Gasteiger partial charge on any atom is -0.462 e. The van der Waals surface area contributed by atoms with Gasteiger partial charge in [-0.1, -0.05) is 0 Å². The van der Waals surface area contributed by atoms with Crippen molar-refractivity contribution in [2.45, 2.75) is 37.7 Å². The molecule has 1 saturated heterocycles. The second kappa shape index (κ2) is 7.09. The lowest BCUT2D eigenvalue weighted by molar-refractivity contribution is -0.401. The molecule has 1 aliphatic heterocycles. The van der Waals surface area contributed by atoms with Gasteiger partial charge in [-0.25, -0.2) is 4.79 Å². The van der Waals surface area contributed by atoms with Crippen LogP contribution in [0.4, 0.5) is 0 Å². The zero-order chi connectivity index (χ0) is 11.1. The zero-order valence-corrected chi connectivity index (χ0v) is 10.1. The molecule has 1 rings (SSSR count). The smallest absolute Gasteiger partial charge is 0.365 e. The van der Waals surface area contributed by atoms with E-state index >= 15 is 0 Å². The number of esters is 1. The van der Waals surface area contributed by atoms with Crippen molar-refractivity contribution in [2.24, 2.45) is 0 Å². The van der Waals surface area contributed by atoms with Gasteiger partial charge in [-0.15, -0.1) is 11.8 Å². The molecule has 0 spiro atoms. The highest BCUT2D eigenvalue weighted by molar-refractivity contribution is 7.99. The third-order valence-electron chi connectivity index (χ3n) is 2.24. The van der Waals surface area contributed by atoms with E-state index in [2.05, 4.69) is 5.73 Å². The van der Waals surface area contributed by atoms with Crippen LogP contribution < -0.4 is 5.73 Å². The first-order chi connectivity index (χ1) is 7.24. The van der Waals surface area contributed by atoms with E-state index in [0.29, 0.717) is 12.4 Å². The van der Waals surface area contributed by atoms with E-state index in [4.69, 9.17) is 9.47 Å². The third-order valence-corrected chi connectivity index (χ3v) is 3.58. The summed E-state index contributed by atoms with van der Waals surface area (Å²) in [5, 5.41) is 0. The van der Waals surface area contributed by atoms with Gasteiger partial charge in [0.15, 0.2) is 6.04 Å². The molecular formula is C10H20NO3S+. The fourth-order valence-corrected chi connectivity index (χ4v) is 2.50. The third kappa shape index (κ3) is 4.86. The van der Waals surface area contributed by atoms with Crippen molar-refractivity contribution in [3.63, 3.8) is 0 Å². The summed E-state index contributed by atoms with van der Waals surface area (Å²) in [6.07, 6.45) is 3.46. The molecule has 1 heterocycles. The van der Waals surface area contributed by atoms with Crippen molar-refractivity contribution in [1.82, 2.24) is 0 Å². The standard InChI is InChI=1S/C10H19NO3S/c1-2-13-10(12)8(11)7-15-9-5-3-4-6-14-9/h8-9H,2-7,11H2,1H3/p+1/t8-,9+/m1/s1. The Balaban J connectivity index is 2.14. The van der Waals surface area contributed by atoms with Crippen molar-refractivity contribution in [3.8, 4) is 0 Å². The number of rotatable bonds is 5. The summed E-state index contributed by atoms with van der Waals surface area (Å²) in [6.45, 7) is 3.08. The Hall–Kier alpha value is -0.260. The van der Waals surface area contributed by atoms with Gasteiger partial charge in [-0.3, -0.25) is 0 Å². The molecule has 0 aromatic rings. The fourth-order valence-electron chi connectivity index (χ4n) is 1.39. The lowest BCUT2D eigenvalue weighted by Crippen LogP contribution is -2.66. The van der Waals surface area contributed by atoms with E-state index < -0.39 is 0 Å². The van der Waals surface area contributed by atoms with Crippen LogP contribution in [-0.4, -0.2) is 36.4 Å². The van der Waals surface area contributed by atoms with Gasteiger partial charge in [0.25, 0.3) is 0 Å². The highest BCUT2D eigenvalue weighted by atomic mass is 32.2. The Labute approximate surface area is 94.9 Å². The van der Waals surface area contributed by atoms with Gasteiger partial charge in [0.2, 0.25) is 0 Å². The van der Waals surface area contributed by atoms with E-state index in [1.807, 2.05) is 6.92 Å². The maximum atomic E-state index is 11.3. The number of hydrogen-bond donors (Lipinski definition) is 1. The summed E-state index contributed by atoms with van der Waals surface area (Å²) in [6, 6.07) is -0.277. The molecule has 5 heteroatoms. The minimum atomic E-state index is -0.277. The number of thioether (sulfide) groups is 1. The van der Waals surface area contributed by atoms with Crippen molar-refractivity contribution < 1.29 is 20.0 Å². The molecule has 4 nitrogen and oxygen atoms in total. The summed E-state index contributed by atoms with van der Waals surface area (Å²) < 4.78 is 10.4. The highest BCUT2D eigenvalue weighted by Gasteiger charge is 2.22. The summed E-state index contributed by atoms with van der Waals surface area (Å²) in [7, 11) is 0. The molecule has 0 aliphatic carbocycles. The van der Waals surface area contributed by atoms with E-state index in [9.17, 15) is 4.79 Å². The van der Waals surface area contributed by atoms with Gasteiger partial charge in [-0.05, 0) is 26.2 Å². The average Bonchev–Trinajstić information content (AvgIpc) is 2.27. The first-order valence-electron chi connectivity index (χ1n) is 5.47. The quantitative estimate of drug-likeness (QED) is 0.700. The van der Waals surface area contributed by atoms with Gasteiger partial charge >= 0.3 is 5.97 Å². The average molecular weight is 234 g/mol. The molecule has 0 aromatic heterocycles. The maximum absolute atomic E-state index is 11.3. The molecule has 0 unspecified atom stereocenters. The summed E-state index contributed by atoms with van der Waals surface area (Å²) in [5.74, 6) is 0.476. The van der Waals surface area contributed by atoms with Gasteiger partial charge in [0.1, 0.15) is 5.44 Å². The Kier molecular flexibility index (Phi) is 6.05. The van der Waals surface area contributed by atoms with Gasteiger partial charge < -0.3 is 15.2 Å². The van der Waals surface area contributed by atoms with E-state index in [0.717, 1.165) is 19.4 Å². The summed E-state index contributed by atoms with van der Waals surface area (Å²) >= 11 is 1.67. The monoisotopic (exact) mass is 234 g/mol. The number of hydrogen-bond acceptors (Lipinski definition) is 4.